The first-order valence-electron chi connectivity index (χ1n) is 8.33. The van der Waals surface area contributed by atoms with E-state index in [-0.39, 0.29) is 24.4 Å². The van der Waals surface area contributed by atoms with Crippen LogP contribution >= 0.6 is 7.51 Å². The summed E-state index contributed by atoms with van der Waals surface area (Å²) in [4.78, 5) is 2.37. The Morgan fingerprint density at radius 2 is 1.05 bits per heavy atom. The second-order valence-corrected chi connectivity index (χ2v) is 9.52. The van der Waals surface area contributed by atoms with E-state index in [1.165, 1.54) is 0 Å². The zero-order valence-corrected chi connectivity index (χ0v) is 15.3. The third-order valence-corrected chi connectivity index (χ3v) is 8.13. The molecule has 0 aliphatic carbocycles. The van der Waals surface area contributed by atoms with E-state index in [4.69, 9.17) is 18.1 Å². The van der Waals surface area contributed by atoms with Crippen molar-refractivity contribution in [2.45, 2.75) is 78.8 Å². The summed E-state index contributed by atoms with van der Waals surface area (Å²) in [6, 6.07) is 0. The van der Waals surface area contributed by atoms with Gasteiger partial charge in [-0.15, -0.1) is 0 Å². The van der Waals surface area contributed by atoms with Gasteiger partial charge in [-0.05, 0) is 0 Å². The molecule has 0 aromatic heterocycles. The number of hydrogen-bond donors (Lipinski definition) is 0. The molecule has 4 atom stereocenters. The molecule has 0 N–H and O–H groups in total. The molecule has 0 radical (unpaired) electrons. The van der Waals surface area contributed by atoms with Crippen molar-refractivity contribution in [2.75, 3.05) is 19.4 Å². The van der Waals surface area contributed by atoms with Gasteiger partial charge >= 0.3 is 129 Å². The summed E-state index contributed by atoms with van der Waals surface area (Å²) in [6.45, 7) is 14.6. The Bertz CT molecular complexity index is 310. The number of rotatable bonds is 6. The summed E-state index contributed by atoms with van der Waals surface area (Å²) in [5.74, 6) is 0. The summed E-state index contributed by atoms with van der Waals surface area (Å²) < 4.78 is 25.2. The molecule has 5 nitrogen and oxygen atoms in total. The minimum absolute atomic E-state index is 0.00488. The van der Waals surface area contributed by atoms with Crippen LogP contribution in [0.15, 0.2) is 0 Å². The van der Waals surface area contributed by atoms with Crippen LogP contribution in [0.25, 0.3) is 0 Å². The Balaban J connectivity index is 2.25. The molecule has 21 heavy (non-hydrogen) atoms. The van der Waals surface area contributed by atoms with Crippen LogP contribution in [-0.4, -0.2) is 48.7 Å². The average molecular weight is 321 g/mol. The zero-order chi connectivity index (χ0) is 15.7. The molecule has 2 rings (SSSR count). The standard InChI is InChI=1S/C15H32NO4P/c1-7-9-16(10-8-2)11-21(17-12(3)13(4)18-21)19-14(5)15(6)20-21/h12-15H,7-11H2,1-6H3/t12-,13-,14-,15+/m0/s1. The Morgan fingerprint density at radius 3 is 1.33 bits per heavy atom. The Morgan fingerprint density at radius 1 is 0.714 bits per heavy atom. The second kappa shape index (κ2) is 6.38. The average Bonchev–Trinajstić information content (AvgIpc) is 2.75. The van der Waals surface area contributed by atoms with E-state index in [9.17, 15) is 0 Å². The van der Waals surface area contributed by atoms with Gasteiger partial charge in [0.2, 0.25) is 0 Å². The predicted molar refractivity (Wildman–Crippen MR) is 86.1 cm³/mol. The fourth-order valence-corrected chi connectivity index (χ4v) is 7.88. The molecule has 126 valence electrons. The van der Waals surface area contributed by atoms with Gasteiger partial charge in [-0.1, -0.05) is 0 Å². The van der Waals surface area contributed by atoms with E-state index in [0.717, 1.165) is 25.9 Å². The maximum absolute atomic E-state index is 6.30. The second-order valence-electron chi connectivity index (χ2n) is 6.47. The van der Waals surface area contributed by atoms with Crippen LogP contribution in [0.4, 0.5) is 0 Å². The Hall–Kier alpha value is 0.230. The van der Waals surface area contributed by atoms with Crippen LogP contribution in [0, 0.1) is 0 Å². The van der Waals surface area contributed by atoms with Crippen LogP contribution in [0.5, 0.6) is 0 Å². The van der Waals surface area contributed by atoms with Crippen molar-refractivity contribution < 1.29 is 18.1 Å². The van der Waals surface area contributed by atoms with Gasteiger partial charge in [-0.2, -0.15) is 0 Å². The summed E-state index contributed by atoms with van der Waals surface area (Å²) in [5.41, 5.74) is 0. The van der Waals surface area contributed by atoms with E-state index < -0.39 is 7.51 Å². The van der Waals surface area contributed by atoms with E-state index in [1.54, 1.807) is 0 Å². The topological polar surface area (TPSA) is 40.2 Å². The van der Waals surface area contributed by atoms with Crippen LogP contribution in [0.2, 0.25) is 0 Å². The van der Waals surface area contributed by atoms with E-state index in [2.05, 4.69) is 18.7 Å². The van der Waals surface area contributed by atoms with Gasteiger partial charge in [0.25, 0.3) is 0 Å². The third-order valence-electron chi connectivity index (χ3n) is 4.31. The van der Waals surface area contributed by atoms with Gasteiger partial charge in [-0.25, -0.2) is 0 Å². The van der Waals surface area contributed by atoms with Gasteiger partial charge in [0.15, 0.2) is 0 Å². The van der Waals surface area contributed by atoms with Crippen molar-refractivity contribution in [3.63, 3.8) is 0 Å². The normalized spacial score (nSPS) is 39.7. The third kappa shape index (κ3) is 3.44. The SMILES string of the molecule is CCCN(CCC)CP12(O[C@@H](C)[C@H](C)O1)O[C@@H](C)[C@@H](C)O2. The monoisotopic (exact) mass is 321 g/mol. The molecule has 2 aliphatic rings. The fraction of sp³-hybridized carbons (Fsp3) is 1.00. The molecule has 0 bridgehead atoms. The first-order chi connectivity index (χ1) is 9.83. The van der Waals surface area contributed by atoms with Gasteiger partial charge in [-0.3, -0.25) is 0 Å². The molecule has 2 saturated heterocycles. The first kappa shape index (κ1) is 17.6. The molecule has 0 aromatic carbocycles. The van der Waals surface area contributed by atoms with Gasteiger partial charge in [0, 0.05) is 0 Å². The van der Waals surface area contributed by atoms with Crippen molar-refractivity contribution in [3.8, 4) is 0 Å². The molecule has 2 aliphatic heterocycles. The van der Waals surface area contributed by atoms with Gasteiger partial charge < -0.3 is 0 Å². The van der Waals surface area contributed by atoms with Crippen LogP contribution in [0.3, 0.4) is 0 Å². The summed E-state index contributed by atoms with van der Waals surface area (Å²) in [6.07, 6.45) is 2.84. The van der Waals surface area contributed by atoms with E-state index >= 15 is 0 Å². The molecule has 0 saturated carbocycles. The number of nitrogens with zero attached hydrogens (tertiary/aromatic N) is 1. The van der Waals surface area contributed by atoms with Crippen LogP contribution in [-0.2, 0) is 18.1 Å². The molecular weight excluding hydrogens is 289 g/mol. The first-order valence-corrected chi connectivity index (χ1v) is 10.4. The molecule has 1 spiro atoms. The van der Waals surface area contributed by atoms with Crippen molar-refractivity contribution in [1.29, 1.82) is 0 Å². The van der Waals surface area contributed by atoms with Crippen molar-refractivity contribution in [1.82, 2.24) is 4.90 Å². The molecular formula is C15H32NO4P. The zero-order valence-electron chi connectivity index (χ0n) is 14.4. The minimum atomic E-state index is -3.47. The van der Waals surface area contributed by atoms with Gasteiger partial charge in [0.1, 0.15) is 0 Å². The molecule has 0 amide bonds. The van der Waals surface area contributed by atoms with Gasteiger partial charge in [0.05, 0.1) is 0 Å². The van der Waals surface area contributed by atoms with Crippen molar-refractivity contribution >= 4 is 7.51 Å². The van der Waals surface area contributed by atoms with Crippen LogP contribution in [0.1, 0.15) is 54.4 Å². The Kier molecular flexibility index (Phi) is 5.35. The number of hydrogen-bond acceptors (Lipinski definition) is 5. The van der Waals surface area contributed by atoms with E-state index in [0.29, 0.717) is 6.29 Å². The molecule has 2 fully saturated rings. The van der Waals surface area contributed by atoms with Crippen molar-refractivity contribution in [2.24, 2.45) is 0 Å². The molecule has 6 heteroatoms. The fourth-order valence-electron chi connectivity index (χ4n) is 3.12. The van der Waals surface area contributed by atoms with Crippen molar-refractivity contribution in [3.05, 3.63) is 0 Å². The van der Waals surface area contributed by atoms with Crippen LogP contribution < -0.4 is 0 Å². The summed E-state index contributed by atoms with van der Waals surface area (Å²) in [7, 11) is -3.47. The summed E-state index contributed by atoms with van der Waals surface area (Å²) >= 11 is 0. The van der Waals surface area contributed by atoms with E-state index in [1.807, 2.05) is 27.7 Å². The Labute approximate surface area is 129 Å². The molecule has 0 unspecified atom stereocenters. The molecule has 0 aromatic rings. The summed E-state index contributed by atoms with van der Waals surface area (Å²) in [5, 5.41) is 0. The maximum atomic E-state index is 6.30. The quantitative estimate of drug-likeness (QED) is 0.693. The predicted octanol–water partition coefficient (Wildman–Crippen LogP) is 3.93. The molecule has 2 heterocycles.